The van der Waals surface area contributed by atoms with Crippen LogP contribution in [0.4, 0.5) is 0 Å². The van der Waals surface area contributed by atoms with Crippen LogP contribution < -0.4 is 10.2 Å². The number of hydrogen-bond acceptors (Lipinski definition) is 7. The summed E-state index contributed by atoms with van der Waals surface area (Å²) < 4.78 is 15.4. The van der Waals surface area contributed by atoms with Crippen molar-refractivity contribution in [1.29, 1.82) is 0 Å². The van der Waals surface area contributed by atoms with Gasteiger partial charge in [-0.1, -0.05) is 0 Å². The monoisotopic (exact) mass is 304 g/mol. The van der Waals surface area contributed by atoms with Crippen LogP contribution in [0.3, 0.4) is 0 Å². The Morgan fingerprint density at radius 3 is 2.55 bits per heavy atom. The number of phenolic OH excluding ortho intramolecular Hbond substituents is 1. The SMILES string of the molecule is COC1=Cc2oc3ccc(O)c(OC)c3c(=O)c2C(O)C1=O. The van der Waals surface area contributed by atoms with Crippen LogP contribution in [-0.4, -0.2) is 30.2 Å². The molecule has 0 aliphatic heterocycles. The van der Waals surface area contributed by atoms with E-state index in [-0.39, 0.29) is 39.6 Å². The highest BCUT2D eigenvalue weighted by Gasteiger charge is 2.34. The largest absolute Gasteiger partial charge is 0.504 e. The van der Waals surface area contributed by atoms with E-state index in [0.717, 1.165) is 0 Å². The maximum absolute atomic E-state index is 12.6. The Kier molecular flexibility index (Phi) is 3.14. The Bertz CT molecular complexity index is 876. The lowest BCUT2D eigenvalue weighted by atomic mass is 9.95. The number of rotatable bonds is 2. The number of aliphatic hydroxyl groups is 1. The molecule has 1 aromatic heterocycles. The van der Waals surface area contributed by atoms with Crippen molar-refractivity contribution >= 4 is 22.8 Å². The van der Waals surface area contributed by atoms with Crippen LogP contribution in [0.1, 0.15) is 17.4 Å². The van der Waals surface area contributed by atoms with Crippen LogP contribution in [0.5, 0.6) is 11.5 Å². The highest BCUT2D eigenvalue weighted by Crippen LogP contribution is 2.36. The van der Waals surface area contributed by atoms with Gasteiger partial charge < -0.3 is 24.1 Å². The van der Waals surface area contributed by atoms with Crippen molar-refractivity contribution < 1.29 is 28.9 Å². The molecule has 1 aromatic carbocycles. The summed E-state index contributed by atoms with van der Waals surface area (Å²) in [5.41, 5.74) is -0.690. The predicted octanol–water partition coefficient (Wildman–Crippen LogP) is 1.11. The smallest absolute Gasteiger partial charge is 0.230 e. The number of methoxy groups -OCH3 is 2. The van der Waals surface area contributed by atoms with Crippen molar-refractivity contribution in [3.8, 4) is 11.5 Å². The number of carbonyl (C=O) groups is 1. The summed E-state index contributed by atoms with van der Waals surface area (Å²) in [6.45, 7) is 0. The highest BCUT2D eigenvalue weighted by atomic mass is 16.5. The molecule has 7 nitrogen and oxygen atoms in total. The Hall–Kier alpha value is -2.80. The molecule has 1 atom stereocenters. The summed E-state index contributed by atoms with van der Waals surface area (Å²) in [7, 11) is 2.57. The molecule has 0 spiro atoms. The molecular weight excluding hydrogens is 292 g/mol. The number of aromatic hydroxyl groups is 1. The van der Waals surface area contributed by atoms with Crippen LogP contribution >= 0.6 is 0 Å². The first-order chi connectivity index (χ1) is 10.5. The third-order valence-corrected chi connectivity index (χ3v) is 3.51. The van der Waals surface area contributed by atoms with Crippen LogP contribution in [0, 0.1) is 0 Å². The zero-order valence-electron chi connectivity index (χ0n) is 11.7. The third-order valence-electron chi connectivity index (χ3n) is 3.51. The Labute approximate surface area is 124 Å². The first kappa shape index (κ1) is 14.2. The average molecular weight is 304 g/mol. The van der Waals surface area contributed by atoms with Gasteiger partial charge in [-0.2, -0.15) is 0 Å². The normalized spacial score (nSPS) is 17.1. The highest BCUT2D eigenvalue weighted by molar-refractivity contribution is 6.04. The van der Waals surface area contributed by atoms with Gasteiger partial charge in [0.2, 0.25) is 11.2 Å². The lowest BCUT2D eigenvalue weighted by Gasteiger charge is -2.19. The first-order valence-corrected chi connectivity index (χ1v) is 6.34. The van der Waals surface area contributed by atoms with Gasteiger partial charge in [0.1, 0.15) is 16.7 Å². The number of fused-ring (bicyclic) bond motifs is 2. The number of benzene rings is 1. The van der Waals surface area contributed by atoms with Gasteiger partial charge >= 0.3 is 0 Å². The molecule has 1 aliphatic rings. The lowest BCUT2D eigenvalue weighted by Crippen LogP contribution is -2.27. The topological polar surface area (TPSA) is 106 Å². The molecule has 0 saturated carbocycles. The van der Waals surface area contributed by atoms with Crippen molar-refractivity contribution in [3.63, 3.8) is 0 Å². The summed E-state index contributed by atoms with van der Waals surface area (Å²) in [5, 5.41) is 19.8. The van der Waals surface area contributed by atoms with Crippen LogP contribution in [-0.2, 0) is 9.53 Å². The van der Waals surface area contributed by atoms with E-state index in [1.54, 1.807) is 0 Å². The van der Waals surface area contributed by atoms with Crippen LogP contribution in [0.15, 0.2) is 27.1 Å². The van der Waals surface area contributed by atoms with E-state index in [4.69, 9.17) is 13.9 Å². The van der Waals surface area contributed by atoms with Crippen LogP contribution in [0.2, 0.25) is 0 Å². The van der Waals surface area contributed by atoms with Gasteiger partial charge in [0.15, 0.2) is 23.4 Å². The zero-order valence-corrected chi connectivity index (χ0v) is 11.7. The summed E-state index contributed by atoms with van der Waals surface area (Å²) in [5.74, 6) is -1.12. The first-order valence-electron chi connectivity index (χ1n) is 6.34. The van der Waals surface area contributed by atoms with Gasteiger partial charge in [-0.05, 0) is 12.1 Å². The number of ether oxygens (including phenoxy) is 2. The fraction of sp³-hybridized carbons (Fsp3) is 0.200. The lowest BCUT2D eigenvalue weighted by molar-refractivity contribution is -0.126. The number of Topliss-reactive ketones (excluding diaryl/α,β-unsaturated/α-hetero) is 1. The minimum atomic E-state index is -1.69. The molecule has 0 amide bonds. The molecule has 1 aliphatic carbocycles. The van der Waals surface area contributed by atoms with E-state index in [2.05, 4.69) is 0 Å². The minimum Gasteiger partial charge on any atom is -0.504 e. The number of aliphatic hydroxyl groups excluding tert-OH is 1. The van der Waals surface area contributed by atoms with Gasteiger partial charge in [-0.25, -0.2) is 0 Å². The summed E-state index contributed by atoms with van der Waals surface area (Å²) in [6.07, 6.45) is -0.437. The van der Waals surface area contributed by atoms with Gasteiger partial charge in [-0.15, -0.1) is 0 Å². The van der Waals surface area contributed by atoms with E-state index in [1.165, 1.54) is 32.4 Å². The molecule has 2 aromatic rings. The predicted molar refractivity (Wildman–Crippen MR) is 75.7 cm³/mol. The second-order valence-electron chi connectivity index (χ2n) is 4.68. The van der Waals surface area contributed by atoms with Gasteiger partial charge in [0.05, 0.1) is 19.8 Å². The molecule has 1 unspecified atom stereocenters. The summed E-state index contributed by atoms with van der Waals surface area (Å²) >= 11 is 0. The molecular formula is C15H12O7. The molecule has 0 saturated heterocycles. The molecule has 1 heterocycles. The molecule has 114 valence electrons. The zero-order chi connectivity index (χ0) is 16.0. The number of ketones is 1. The maximum atomic E-state index is 12.6. The Balaban J connectivity index is 2.45. The Morgan fingerprint density at radius 1 is 1.18 bits per heavy atom. The average Bonchev–Trinajstić information content (AvgIpc) is 2.51. The van der Waals surface area contributed by atoms with Gasteiger partial charge in [-0.3, -0.25) is 9.59 Å². The Morgan fingerprint density at radius 2 is 1.91 bits per heavy atom. The fourth-order valence-electron chi connectivity index (χ4n) is 2.46. The molecule has 7 heteroatoms. The molecule has 0 radical (unpaired) electrons. The molecule has 2 N–H and O–H groups in total. The van der Waals surface area contributed by atoms with Gasteiger partial charge in [0.25, 0.3) is 0 Å². The summed E-state index contributed by atoms with van der Waals surface area (Å²) in [4.78, 5) is 24.5. The second kappa shape index (κ2) is 4.88. The van der Waals surface area contributed by atoms with E-state index in [0.29, 0.717) is 0 Å². The number of phenols is 1. The van der Waals surface area contributed by atoms with Crippen molar-refractivity contribution in [1.82, 2.24) is 0 Å². The fourth-order valence-corrected chi connectivity index (χ4v) is 2.46. The van der Waals surface area contributed by atoms with Crippen molar-refractivity contribution in [2.75, 3.05) is 14.2 Å². The molecule has 3 rings (SSSR count). The maximum Gasteiger partial charge on any atom is 0.230 e. The summed E-state index contributed by atoms with van der Waals surface area (Å²) in [6, 6.07) is 2.72. The standard InChI is InChI=1S/C15H12O7/c1-20-9-5-8-10(14(19)12(9)17)13(18)11-7(22-8)4-3-6(16)15(11)21-2/h3-5,14,16,19H,1-2H3. The van der Waals surface area contributed by atoms with E-state index in [9.17, 15) is 19.8 Å². The number of carbonyl (C=O) groups excluding carboxylic acids is 1. The third kappa shape index (κ3) is 1.79. The number of hydrogen-bond donors (Lipinski definition) is 2. The van der Waals surface area contributed by atoms with E-state index >= 15 is 0 Å². The molecule has 22 heavy (non-hydrogen) atoms. The van der Waals surface area contributed by atoms with E-state index < -0.39 is 17.3 Å². The van der Waals surface area contributed by atoms with Gasteiger partial charge in [0, 0.05) is 6.08 Å². The second-order valence-corrected chi connectivity index (χ2v) is 4.68. The minimum absolute atomic E-state index is 0.0363. The quantitative estimate of drug-likeness (QED) is 0.856. The van der Waals surface area contributed by atoms with E-state index in [1.807, 2.05) is 0 Å². The van der Waals surface area contributed by atoms with Crippen molar-refractivity contribution in [2.45, 2.75) is 6.10 Å². The van der Waals surface area contributed by atoms with Crippen molar-refractivity contribution in [2.24, 2.45) is 0 Å². The molecule has 0 fully saturated rings. The molecule has 0 bridgehead atoms. The van der Waals surface area contributed by atoms with Crippen molar-refractivity contribution in [3.05, 3.63) is 39.4 Å². The van der Waals surface area contributed by atoms with Crippen LogP contribution in [0.25, 0.3) is 17.0 Å².